The third kappa shape index (κ3) is 5.49. The van der Waals surface area contributed by atoms with Crippen LogP contribution in [0.4, 0.5) is 0 Å². The second kappa shape index (κ2) is 9.89. The molecule has 1 aliphatic rings. The Hall–Kier alpha value is -1.29. The minimum Gasteiger partial charge on any atom is -1.00 e. The number of rotatable bonds is 6. The standard InChI is InChI=1S/C21H25N3O4S.Na.H/c1-14-17(11-29(25)20-23-15-6-4-5-7-16(15)24-20)22-9-8-18(14)26-10-19-27-12-21(2,3)13-28-19;;/h4-9,19H,10-13H2,1-3H3,(H,23,24);;/q;+1;-1. The number of nitrogens with one attached hydrogen (secondary N) is 1. The second-order valence-electron chi connectivity index (χ2n) is 7.96. The zero-order valence-corrected chi connectivity index (χ0v) is 20.6. The van der Waals surface area contributed by atoms with E-state index >= 15 is 0 Å². The molecule has 30 heavy (non-hydrogen) atoms. The molecular weight excluding hydrogens is 413 g/mol. The summed E-state index contributed by atoms with van der Waals surface area (Å²) in [6, 6.07) is 9.43. The number of ether oxygens (including phenoxy) is 3. The molecule has 2 aromatic heterocycles. The molecule has 0 spiro atoms. The van der Waals surface area contributed by atoms with Crippen LogP contribution in [-0.4, -0.2) is 45.3 Å². The first-order valence-corrected chi connectivity index (χ1v) is 10.9. The van der Waals surface area contributed by atoms with Crippen LogP contribution < -0.4 is 34.3 Å². The summed E-state index contributed by atoms with van der Waals surface area (Å²) in [4.78, 5) is 11.9. The van der Waals surface area contributed by atoms with Gasteiger partial charge >= 0.3 is 29.6 Å². The first-order valence-electron chi connectivity index (χ1n) is 9.55. The van der Waals surface area contributed by atoms with E-state index in [9.17, 15) is 4.21 Å². The van der Waals surface area contributed by atoms with E-state index in [0.29, 0.717) is 36.4 Å². The van der Waals surface area contributed by atoms with E-state index in [1.807, 2.05) is 31.2 Å². The molecule has 1 N–H and O–H groups in total. The molecule has 1 fully saturated rings. The quantitative estimate of drug-likeness (QED) is 0.562. The fourth-order valence-corrected chi connectivity index (χ4v) is 4.17. The van der Waals surface area contributed by atoms with Crippen LogP contribution in [0.3, 0.4) is 0 Å². The number of benzene rings is 1. The average molecular weight is 440 g/mol. The molecule has 3 heterocycles. The molecule has 3 aromatic rings. The average Bonchev–Trinajstić information content (AvgIpc) is 3.14. The van der Waals surface area contributed by atoms with Crippen molar-refractivity contribution in [2.75, 3.05) is 19.8 Å². The number of hydrogen-bond acceptors (Lipinski definition) is 6. The molecule has 1 saturated heterocycles. The summed E-state index contributed by atoms with van der Waals surface area (Å²) in [7, 11) is -1.34. The molecule has 1 atom stereocenters. The summed E-state index contributed by atoms with van der Waals surface area (Å²) >= 11 is 0. The fraction of sp³-hybridized carbons (Fsp3) is 0.429. The molecule has 1 aromatic carbocycles. The Morgan fingerprint density at radius 3 is 2.73 bits per heavy atom. The van der Waals surface area contributed by atoms with Gasteiger partial charge in [0, 0.05) is 17.2 Å². The number of nitrogens with zero attached hydrogens (tertiary/aromatic N) is 2. The first kappa shape index (κ1) is 23.4. The van der Waals surface area contributed by atoms with Crippen LogP contribution in [0.15, 0.2) is 41.7 Å². The monoisotopic (exact) mass is 439 g/mol. The van der Waals surface area contributed by atoms with Gasteiger partial charge in [-0.3, -0.25) is 9.19 Å². The van der Waals surface area contributed by atoms with Gasteiger partial charge in [0.25, 0.3) is 0 Å². The molecule has 1 unspecified atom stereocenters. The van der Waals surface area contributed by atoms with Crippen LogP contribution in [0.25, 0.3) is 11.0 Å². The van der Waals surface area contributed by atoms with Gasteiger partial charge in [-0.15, -0.1) is 0 Å². The van der Waals surface area contributed by atoms with E-state index in [2.05, 4.69) is 28.8 Å². The maximum atomic E-state index is 12.8. The molecule has 0 radical (unpaired) electrons. The number of pyridine rings is 1. The Bertz CT molecular complexity index is 1000. The predicted molar refractivity (Wildman–Crippen MR) is 111 cm³/mol. The van der Waals surface area contributed by atoms with Crippen molar-refractivity contribution in [1.82, 2.24) is 15.0 Å². The molecular formula is C21H26N3NaO4S. The van der Waals surface area contributed by atoms with Gasteiger partial charge in [-0.1, -0.05) is 26.0 Å². The van der Waals surface area contributed by atoms with Crippen molar-refractivity contribution >= 4 is 21.8 Å². The Morgan fingerprint density at radius 2 is 2.00 bits per heavy atom. The first-order chi connectivity index (χ1) is 13.9. The normalized spacial score (nSPS) is 17.4. The van der Waals surface area contributed by atoms with Crippen molar-refractivity contribution in [2.45, 2.75) is 38.0 Å². The van der Waals surface area contributed by atoms with E-state index in [0.717, 1.165) is 16.6 Å². The minimum atomic E-state index is -1.34. The Balaban J connectivity index is 0.00000171. The summed E-state index contributed by atoms with van der Waals surface area (Å²) in [5.41, 5.74) is 3.26. The number of imidazole rings is 1. The van der Waals surface area contributed by atoms with E-state index in [-0.39, 0.29) is 48.4 Å². The van der Waals surface area contributed by atoms with Crippen LogP contribution in [0.1, 0.15) is 26.5 Å². The van der Waals surface area contributed by atoms with Gasteiger partial charge < -0.3 is 20.6 Å². The zero-order chi connectivity index (χ0) is 20.4. The molecule has 156 valence electrons. The fourth-order valence-electron chi connectivity index (χ4n) is 3.07. The minimum absolute atomic E-state index is 0. The number of fused-ring (bicyclic) bond motifs is 1. The summed E-state index contributed by atoms with van der Waals surface area (Å²) < 4.78 is 30.1. The third-order valence-electron chi connectivity index (χ3n) is 4.80. The number of aromatic nitrogens is 3. The largest absolute Gasteiger partial charge is 1.00 e. The van der Waals surface area contributed by atoms with Crippen molar-refractivity contribution < 1.29 is 49.4 Å². The van der Waals surface area contributed by atoms with Crippen LogP contribution >= 0.6 is 0 Å². The van der Waals surface area contributed by atoms with Gasteiger partial charge in [-0.25, -0.2) is 4.98 Å². The Labute approximate surface area is 202 Å². The van der Waals surface area contributed by atoms with Gasteiger partial charge in [0.05, 0.1) is 46.5 Å². The molecule has 0 aliphatic carbocycles. The molecule has 0 amide bonds. The predicted octanol–water partition coefficient (Wildman–Crippen LogP) is 0.469. The van der Waals surface area contributed by atoms with Crippen molar-refractivity contribution in [1.29, 1.82) is 0 Å². The molecule has 4 rings (SSSR count). The van der Waals surface area contributed by atoms with Gasteiger partial charge in [0.15, 0.2) is 11.4 Å². The molecule has 0 saturated carbocycles. The number of para-hydroxylation sites is 2. The molecule has 0 bridgehead atoms. The van der Waals surface area contributed by atoms with Crippen LogP contribution in [0.2, 0.25) is 0 Å². The maximum Gasteiger partial charge on any atom is 1.00 e. The number of hydrogen-bond donors (Lipinski definition) is 1. The van der Waals surface area contributed by atoms with Gasteiger partial charge in [0.2, 0.25) is 0 Å². The number of H-pyrrole nitrogens is 1. The Kier molecular flexibility index (Phi) is 7.71. The van der Waals surface area contributed by atoms with Crippen LogP contribution in [0.5, 0.6) is 5.75 Å². The summed E-state index contributed by atoms with van der Waals surface area (Å²) in [5.74, 6) is 0.946. The maximum absolute atomic E-state index is 12.8. The molecule has 1 aliphatic heterocycles. The van der Waals surface area contributed by atoms with Gasteiger partial charge in [0.1, 0.15) is 12.4 Å². The van der Waals surface area contributed by atoms with E-state index in [1.54, 1.807) is 12.3 Å². The SMILES string of the molecule is Cc1c(OCC2OCC(C)(C)CO2)ccnc1CS(=O)c1nc2ccccc2[nH]1.[H-].[Na+]. The van der Waals surface area contributed by atoms with Gasteiger partial charge in [-0.2, -0.15) is 0 Å². The number of aromatic amines is 1. The van der Waals surface area contributed by atoms with Crippen molar-refractivity contribution in [2.24, 2.45) is 5.41 Å². The van der Waals surface area contributed by atoms with Gasteiger partial charge in [-0.05, 0) is 25.1 Å². The van der Waals surface area contributed by atoms with Crippen molar-refractivity contribution in [3.8, 4) is 5.75 Å². The smallest absolute Gasteiger partial charge is 1.00 e. The second-order valence-corrected chi connectivity index (χ2v) is 9.32. The van der Waals surface area contributed by atoms with Crippen LogP contribution in [-0.2, 0) is 26.0 Å². The summed E-state index contributed by atoms with van der Waals surface area (Å²) in [6.45, 7) is 7.69. The summed E-state index contributed by atoms with van der Waals surface area (Å²) in [6.07, 6.45) is 1.28. The van der Waals surface area contributed by atoms with Crippen LogP contribution in [0, 0.1) is 12.3 Å². The van der Waals surface area contributed by atoms with E-state index < -0.39 is 10.8 Å². The van der Waals surface area contributed by atoms with E-state index in [4.69, 9.17) is 14.2 Å². The topological polar surface area (TPSA) is 86.3 Å². The van der Waals surface area contributed by atoms with Crippen molar-refractivity contribution in [3.05, 3.63) is 47.8 Å². The van der Waals surface area contributed by atoms with Crippen molar-refractivity contribution in [3.63, 3.8) is 0 Å². The third-order valence-corrected chi connectivity index (χ3v) is 5.96. The molecule has 9 heteroatoms. The Morgan fingerprint density at radius 1 is 1.27 bits per heavy atom. The molecule has 7 nitrogen and oxygen atoms in total. The summed E-state index contributed by atoms with van der Waals surface area (Å²) in [5, 5.41) is 0.449. The zero-order valence-electron chi connectivity index (χ0n) is 18.8. The van der Waals surface area contributed by atoms with E-state index in [1.165, 1.54) is 0 Å².